The number of carbonyl (C=O) groups is 2. The highest BCUT2D eigenvalue weighted by molar-refractivity contribution is 7.19. The maximum Gasteiger partial charge on any atom is 0.274 e. The van der Waals surface area contributed by atoms with Gasteiger partial charge in [0.15, 0.2) is 5.13 Å². The molecule has 2 fully saturated rings. The van der Waals surface area contributed by atoms with Gasteiger partial charge in [-0.3, -0.25) is 19.6 Å². The third kappa shape index (κ3) is 4.28. The lowest BCUT2D eigenvalue weighted by Gasteiger charge is -2.35. The average molecular weight is 531 g/mol. The van der Waals surface area contributed by atoms with Crippen molar-refractivity contribution in [3.8, 4) is 10.4 Å². The highest BCUT2D eigenvalue weighted by Crippen LogP contribution is 2.44. The second kappa shape index (κ2) is 9.75. The number of para-hydroxylation sites is 1. The maximum absolute atomic E-state index is 14.1. The molecule has 38 heavy (non-hydrogen) atoms. The number of hydrogen-bond donors (Lipinski definition) is 1. The first-order valence-electron chi connectivity index (χ1n) is 12.7. The van der Waals surface area contributed by atoms with Crippen molar-refractivity contribution in [2.45, 2.75) is 31.3 Å². The second-order valence-corrected chi connectivity index (χ2v) is 11.0. The van der Waals surface area contributed by atoms with Gasteiger partial charge in [0.1, 0.15) is 17.0 Å². The molecule has 1 N–H and O–H groups in total. The molecular formula is C28H27FN6O2S. The number of carbonyl (C=O) groups excluding carboxylic acids is 2. The van der Waals surface area contributed by atoms with Crippen LogP contribution in [-0.4, -0.2) is 64.4 Å². The molecule has 8 nitrogen and oxygen atoms in total. The van der Waals surface area contributed by atoms with Crippen LogP contribution in [0.4, 0.5) is 9.52 Å². The monoisotopic (exact) mass is 530 g/mol. The summed E-state index contributed by atoms with van der Waals surface area (Å²) in [5.41, 5.74) is 2.62. The van der Waals surface area contributed by atoms with Gasteiger partial charge in [0.05, 0.1) is 22.0 Å². The summed E-state index contributed by atoms with van der Waals surface area (Å²) < 4.78 is 14.1. The molecule has 1 aliphatic carbocycles. The first-order chi connectivity index (χ1) is 18.4. The molecule has 0 unspecified atom stereocenters. The lowest BCUT2D eigenvalue weighted by molar-refractivity contribution is 0.0577. The predicted molar refractivity (Wildman–Crippen MR) is 145 cm³/mol. The van der Waals surface area contributed by atoms with Crippen LogP contribution >= 0.6 is 11.3 Å². The summed E-state index contributed by atoms with van der Waals surface area (Å²) in [6, 6.07) is 11.6. The van der Waals surface area contributed by atoms with E-state index in [4.69, 9.17) is 0 Å². The number of nitrogens with one attached hydrogen (secondary N) is 1. The smallest absolute Gasteiger partial charge is 0.274 e. The summed E-state index contributed by atoms with van der Waals surface area (Å²) in [7, 11) is 3.74. The quantitative estimate of drug-likeness (QED) is 0.398. The minimum atomic E-state index is -0.361. The van der Waals surface area contributed by atoms with Gasteiger partial charge in [-0.2, -0.15) is 0 Å². The molecule has 6 rings (SSSR count). The zero-order valence-electron chi connectivity index (χ0n) is 21.1. The van der Waals surface area contributed by atoms with Crippen molar-refractivity contribution in [2.75, 3.05) is 25.5 Å². The van der Waals surface area contributed by atoms with E-state index < -0.39 is 0 Å². The Morgan fingerprint density at radius 2 is 1.95 bits per heavy atom. The second-order valence-electron chi connectivity index (χ2n) is 10.0. The van der Waals surface area contributed by atoms with Gasteiger partial charge in [-0.1, -0.05) is 29.5 Å². The third-order valence-corrected chi connectivity index (χ3v) is 8.75. The summed E-state index contributed by atoms with van der Waals surface area (Å²) >= 11 is 1.37. The lowest BCUT2D eigenvalue weighted by atomic mass is 9.97. The highest BCUT2D eigenvalue weighted by Gasteiger charge is 2.49. The molecule has 3 atom stereocenters. The topological polar surface area (TPSA) is 91.3 Å². The van der Waals surface area contributed by atoms with Gasteiger partial charge >= 0.3 is 0 Å². The molecule has 0 radical (unpaired) electrons. The Balaban J connectivity index is 1.28. The fourth-order valence-electron chi connectivity index (χ4n) is 5.73. The third-order valence-electron chi connectivity index (χ3n) is 7.48. The van der Waals surface area contributed by atoms with Gasteiger partial charge in [0.2, 0.25) is 0 Å². The first-order valence-corrected chi connectivity index (χ1v) is 13.5. The number of halogens is 1. The van der Waals surface area contributed by atoms with Crippen molar-refractivity contribution < 1.29 is 14.0 Å². The van der Waals surface area contributed by atoms with E-state index in [1.165, 1.54) is 23.5 Å². The average Bonchev–Trinajstić information content (AvgIpc) is 3.66. The van der Waals surface area contributed by atoms with E-state index in [0.29, 0.717) is 50.3 Å². The Bertz CT molecular complexity index is 1530. The first kappa shape index (κ1) is 24.4. The van der Waals surface area contributed by atoms with E-state index in [2.05, 4.69) is 20.3 Å². The number of anilines is 1. The van der Waals surface area contributed by atoms with Crippen LogP contribution < -0.4 is 10.2 Å². The van der Waals surface area contributed by atoms with E-state index in [1.54, 1.807) is 36.7 Å². The van der Waals surface area contributed by atoms with Crippen molar-refractivity contribution in [1.29, 1.82) is 0 Å². The van der Waals surface area contributed by atoms with Crippen LogP contribution in [0.2, 0.25) is 0 Å². The van der Waals surface area contributed by atoms with Gasteiger partial charge < -0.3 is 15.1 Å². The van der Waals surface area contributed by atoms with Crippen LogP contribution in [-0.2, 0) is 0 Å². The Hall–Kier alpha value is -3.92. The van der Waals surface area contributed by atoms with Gasteiger partial charge in [0, 0.05) is 39.1 Å². The number of rotatable bonds is 6. The minimum Gasteiger partial charge on any atom is -0.354 e. The summed E-state index contributed by atoms with van der Waals surface area (Å²) in [6.45, 7) is 0.336. The Morgan fingerprint density at radius 1 is 1.13 bits per heavy atom. The molecule has 1 aliphatic heterocycles. The van der Waals surface area contributed by atoms with Gasteiger partial charge in [-0.15, -0.1) is 0 Å². The van der Waals surface area contributed by atoms with Crippen LogP contribution in [0.3, 0.4) is 0 Å². The number of benzene rings is 2. The molecule has 10 heteroatoms. The van der Waals surface area contributed by atoms with Gasteiger partial charge in [0.25, 0.3) is 11.8 Å². The van der Waals surface area contributed by atoms with E-state index in [9.17, 15) is 14.0 Å². The highest BCUT2D eigenvalue weighted by atomic mass is 32.1. The Labute approximate surface area is 223 Å². The number of fused-ring (bicyclic) bond motifs is 3. The number of piperidine rings is 1. The minimum absolute atomic E-state index is 0.0997. The number of thiazole rings is 1. The molecule has 2 amide bonds. The molecule has 2 aliphatic rings. The molecule has 2 bridgehead atoms. The molecule has 1 saturated carbocycles. The molecule has 2 aromatic carbocycles. The van der Waals surface area contributed by atoms with Crippen LogP contribution in [0.5, 0.6) is 0 Å². The number of amides is 2. The van der Waals surface area contributed by atoms with E-state index in [-0.39, 0.29) is 29.7 Å². The number of nitrogens with zero attached hydrogens (tertiary/aromatic N) is 5. The number of likely N-dealkylation sites (tertiary alicyclic amines) is 1. The van der Waals surface area contributed by atoms with E-state index in [1.807, 2.05) is 30.0 Å². The molecular weight excluding hydrogens is 503 g/mol. The van der Waals surface area contributed by atoms with Crippen molar-refractivity contribution in [1.82, 2.24) is 25.2 Å². The zero-order chi connectivity index (χ0) is 26.4. The largest absolute Gasteiger partial charge is 0.354 e. The van der Waals surface area contributed by atoms with Gasteiger partial charge in [-0.25, -0.2) is 9.37 Å². The summed E-state index contributed by atoms with van der Waals surface area (Å²) in [5, 5.41) is 3.73. The summed E-state index contributed by atoms with van der Waals surface area (Å²) in [6.07, 6.45) is 6.03. The van der Waals surface area contributed by atoms with Crippen molar-refractivity contribution in [2.24, 2.45) is 5.92 Å². The fourth-order valence-corrected chi connectivity index (χ4v) is 6.71. The molecule has 1 saturated heterocycles. The van der Waals surface area contributed by atoms with E-state index >= 15 is 0 Å². The van der Waals surface area contributed by atoms with Crippen molar-refractivity contribution >= 4 is 39.3 Å². The van der Waals surface area contributed by atoms with Crippen molar-refractivity contribution in [3.05, 3.63) is 71.9 Å². The summed E-state index contributed by atoms with van der Waals surface area (Å²) in [4.78, 5) is 45.0. The van der Waals surface area contributed by atoms with E-state index in [0.717, 1.165) is 19.3 Å². The normalized spacial score (nSPS) is 20.2. The molecule has 194 valence electrons. The van der Waals surface area contributed by atoms with Crippen LogP contribution in [0.15, 0.2) is 54.9 Å². The molecule has 4 aromatic rings. The molecule has 0 spiro atoms. The predicted octanol–water partition coefficient (Wildman–Crippen LogP) is 4.38. The van der Waals surface area contributed by atoms with Crippen LogP contribution in [0, 0.1) is 11.7 Å². The number of aromatic nitrogens is 3. The fraction of sp³-hybridized carbons (Fsp3) is 0.321. The zero-order valence-corrected chi connectivity index (χ0v) is 21.9. The number of hydrogen-bond acceptors (Lipinski definition) is 7. The summed E-state index contributed by atoms with van der Waals surface area (Å²) in [5.74, 6) is -0.466. The maximum atomic E-state index is 14.1. The van der Waals surface area contributed by atoms with Crippen LogP contribution in [0.1, 0.15) is 40.1 Å². The Kier molecular flexibility index (Phi) is 6.27. The lowest BCUT2D eigenvalue weighted by Crippen LogP contribution is -2.50. The van der Waals surface area contributed by atoms with Gasteiger partial charge in [-0.05, 0) is 55.0 Å². The molecule has 3 heterocycles. The van der Waals surface area contributed by atoms with Crippen molar-refractivity contribution in [3.63, 3.8) is 0 Å². The van der Waals surface area contributed by atoms with Crippen LogP contribution in [0.25, 0.3) is 21.5 Å². The molecule has 2 aromatic heterocycles. The Morgan fingerprint density at radius 3 is 2.76 bits per heavy atom. The standard InChI is InChI=1S/C28H27FN6O2S/c1-34(2)28-33-24(25(38-28)17-5-3-6-18(29)13-17)27(37)35-19-10-9-16(14-19)22(35)15-32-26(36)20-7-4-8-21-23(20)31-12-11-30-21/h3-8,11-13,16,19,22H,9-10,14-15H2,1-2H3,(H,32,36)/t16-,19+,22+/m0/s1. The SMILES string of the molecule is CN(C)c1nc(C(=O)N2[C@@H]3CC[C@@H](C3)[C@H]2CNC(=O)c2cccc3nccnc23)c(-c2cccc(F)c2)s1.